The van der Waals surface area contributed by atoms with Gasteiger partial charge in [-0.05, 0) is 49.4 Å². The van der Waals surface area contributed by atoms with Gasteiger partial charge in [-0.15, -0.1) is 11.3 Å². The maximum Gasteiger partial charge on any atom is 0.180 e. The summed E-state index contributed by atoms with van der Waals surface area (Å²) in [7, 11) is 0. The number of nitrogens with zero attached hydrogens (tertiary/aromatic N) is 1. The van der Waals surface area contributed by atoms with Gasteiger partial charge in [0.15, 0.2) is 5.13 Å². The number of thiazole rings is 1. The molecule has 1 heterocycles. The van der Waals surface area contributed by atoms with Crippen LogP contribution in [0.25, 0.3) is 0 Å². The summed E-state index contributed by atoms with van der Waals surface area (Å²) in [5.41, 5.74) is 9.68. The molecule has 3 nitrogen and oxygen atoms in total. The van der Waals surface area contributed by atoms with Crippen molar-refractivity contribution in [2.75, 3.05) is 12.3 Å². The Kier molecular flexibility index (Phi) is 3.42. The summed E-state index contributed by atoms with van der Waals surface area (Å²) in [6.45, 7) is 2.71. The van der Waals surface area contributed by atoms with Gasteiger partial charge in [-0.2, -0.15) is 0 Å². The van der Waals surface area contributed by atoms with Crippen molar-refractivity contribution < 1.29 is 4.74 Å². The van der Waals surface area contributed by atoms with Crippen molar-refractivity contribution in [3.05, 3.63) is 39.9 Å². The van der Waals surface area contributed by atoms with Crippen LogP contribution in [-0.2, 0) is 19.3 Å². The van der Waals surface area contributed by atoms with Crippen LogP contribution in [0.4, 0.5) is 5.13 Å². The topological polar surface area (TPSA) is 48.1 Å². The highest BCUT2D eigenvalue weighted by molar-refractivity contribution is 7.15. The number of ether oxygens (including phenoxy) is 1. The first-order chi connectivity index (χ1) is 9.22. The number of aryl methyl sites for hydroxylation is 3. The Labute approximate surface area is 117 Å². The number of nitrogen functional groups attached to an aromatic ring is 1. The van der Waals surface area contributed by atoms with Crippen LogP contribution in [0.3, 0.4) is 0 Å². The lowest BCUT2D eigenvalue weighted by Crippen LogP contribution is -2.03. The van der Waals surface area contributed by atoms with Crippen molar-refractivity contribution in [1.82, 2.24) is 4.98 Å². The summed E-state index contributed by atoms with van der Waals surface area (Å²) >= 11 is 1.54. The molecule has 0 saturated carbocycles. The molecule has 0 atom stereocenters. The fraction of sp³-hybridized carbons (Fsp3) is 0.400. The summed E-state index contributed by atoms with van der Waals surface area (Å²) in [4.78, 5) is 5.51. The van der Waals surface area contributed by atoms with Gasteiger partial charge < -0.3 is 10.5 Å². The van der Waals surface area contributed by atoms with E-state index in [9.17, 15) is 0 Å². The average Bonchev–Trinajstić information content (AvgIpc) is 2.96. The smallest absolute Gasteiger partial charge is 0.180 e. The highest BCUT2D eigenvalue weighted by Crippen LogP contribution is 2.26. The number of nitrogens with two attached hydrogens (primary N) is 1. The Balaban J connectivity index is 1.59. The van der Waals surface area contributed by atoms with E-state index in [2.05, 4.69) is 30.1 Å². The van der Waals surface area contributed by atoms with Crippen LogP contribution in [0.1, 0.15) is 28.1 Å². The maximum atomic E-state index is 5.82. The lowest BCUT2D eigenvalue weighted by Gasteiger charge is -2.07. The van der Waals surface area contributed by atoms with Crippen LogP contribution in [0.15, 0.2) is 18.2 Å². The third kappa shape index (κ3) is 2.73. The molecule has 2 aromatic rings. The van der Waals surface area contributed by atoms with E-state index in [0.717, 1.165) is 17.9 Å². The lowest BCUT2D eigenvalue weighted by molar-refractivity contribution is 0.320. The third-order valence-electron chi connectivity index (χ3n) is 3.59. The fourth-order valence-electron chi connectivity index (χ4n) is 2.59. The molecule has 1 aromatic heterocycles. The number of hydrogen-bond acceptors (Lipinski definition) is 4. The van der Waals surface area contributed by atoms with Gasteiger partial charge in [-0.1, -0.05) is 6.07 Å². The molecular formula is C15H18N2OS. The number of rotatable bonds is 4. The zero-order chi connectivity index (χ0) is 13.2. The van der Waals surface area contributed by atoms with Crippen molar-refractivity contribution in [2.24, 2.45) is 0 Å². The molecule has 0 unspecified atom stereocenters. The van der Waals surface area contributed by atoms with E-state index in [0.29, 0.717) is 11.7 Å². The lowest BCUT2D eigenvalue weighted by atomic mass is 10.1. The summed E-state index contributed by atoms with van der Waals surface area (Å²) in [5.74, 6) is 0.974. The summed E-state index contributed by atoms with van der Waals surface area (Å²) < 4.78 is 5.82. The zero-order valence-corrected chi connectivity index (χ0v) is 11.9. The molecular weight excluding hydrogens is 256 g/mol. The SMILES string of the molecule is Cc1sc(N)nc1CCOc1ccc2c(c1)CCC2. The Bertz CT molecular complexity index is 592. The minimum atomic E-state index is 0.644. The first-order valence-corrected chi connectivity index (χ1v) is 7.50. The molecule has 0 radical (unpaired) electrons. The van der Waals surface area contributed by atoms with Crippen LogP contribution in [-0.4, -0.2) is 11.6 Å². The Morgan fingerprint density at radius 3 is 2.95 bits per heavy atom. The summed E-state index contributed by atoms with van der Waals surface area (Å²) in [5, 5.41) is 0.644. The molecule has 0 aliphatic heterocycles. The monoisotopic (exact) mass is 274 g/mol. The molecule has 0 bridgehead atoms. The molecule has 0 spiro atoms. The second-order valence-corrected chi connectivity index (χ2v) is 6.17. The first kappa shape index (κ1) is 12.5. The number of hydrogen-bond donors (Lipinski definition) is 1. The molecule has 100 valence electrons. The molecule has 19 heavy (non-hydrogen) atoms. The summed E-state index contributed by atoms with van der Waals surface area (Å²) in [6, 6.07) is 6.46. The van der Waals surface area contributed by atoms with Crippen molar-refractivity contribution >= 4 is 16.5 Å². The van der Waals surface area contributed by atoms with Crippen LogP contribution >= 0.6 is 11.3 Å². The predicted octanol–water partition coefficient (Wildman–Crippen LogP) is 3.14. The zero-order valence-electron chi connectivity index (χ0n) is 11.1. The van der Waals surface area contributed by atoms with E-state index >= 15 is 0 Å². The normalized spacial score (nSPS) is 13.5. The minimum absolute atomic E-state index is 0.644. The van der Waals surface area contributed by atoms with Gasteiger partial charge in [-0.3, -0.25) is 0 Å². The highest BCUT2D eigenvalue weighted by atomic mass is 32.1. The van der Waals surface area contributed by atoms with E-state index in [1.165, 1.54) is 35.3 Å². The molecule has 3 rings (SSSR count). The van der Waals surface area contributed by atoms with Gasteiger partial charge in [-0.25, -0.2) is 4.98 Å². The van der Waals surface area contributed by atoms with Gasteiger partial charge in [0.2, 0.25) is 0 Å². The first-order valence-electron chi connectivity index (χ1n) is 6.69. The molecule has 1 aromatic carbocycles. The Morgan fingerprint density at radius 1 is 1.32 bits per heavy atom. The molecule has 4 heteroatoms. The third-order valence-corrected chi connectivity index (χ3v) is 4.43. The number of anilines is 1. The van der Waals surface area contributed by atoms with E-state index in [1.807, 2.05) is 0 Å². The minimum Gasteiger partial charge on any atom is -0.493 e. The Hall–Kier alpha value is -1.55. The second-order valence-electron chi connectivity index (χ2n) is 4.94. The van der Waals surface area contributed by atoms with E-state index in [1.54, 1.807) is 11.3 Å². The molecule has 0 fully saturated rings. The molecule has 0 amide bonds. The molecule has 1 aliphatic rings. The van der Waals surface area contributed by atoms with Crippen molar-refractivity contribution in [1.29, 1.82) is 0 Å². The number of aromatic nitrogens is 1. The fourth-order valence-corrected chi connectivity index (χ4v) is 3.32. The van der Waals surface area contributed by atoms with Crippen LogP contribution in [0, 0.1) is 6.92 Å². The van der Waals surface area contributed by atoms with Gasteiger partial charge in [0.25, 0.3) is 0 Å². The van der Waals surface area contributed by atoms with Crippen LogP contribution < -0.4 is 10.5 Å². The van der Waals surface area contributed by atoms with E-state index in [-0.39, 0.29) is 0 Å². The van der Waals surface area contributed by atoms with Crippen molar-refractivity contribution in [3.63, 3.8) is 0 Å². The van der Waals surface area contributed by atoms with Crippen LogP contribution in [0.2, 0.25) is 0 Å². The van der Waals surface area contributed by atoms with Crippen LogP contribution in [0.5, 0.6) is 5.75 Å². The second kappa shape index (κ2) is 5.21. The van der Waals surface area contributed by atoms with E-state index < -0.39 is 0 Å². The number of benzene rings is 1. The average molecular weight is 274 g/mol. The highest BCUT2D eigenvalue weighted by Gasteiger charge is 2.11. The summed E-state index contributed by atoms with van der Waals surface area (Å²) in [6.07, 6.45) is 4.49. The standard InChI is InChI=1S/C15H18N2OS/c1-10-14(17-15(16)19-10)7-8-18-13-6-5-11-3-2-4-12(11)9-13/h5-6,9H,2-4,7-8H2,1H3,(H2,16,17). The molecule has 1 aliphatic carbocycles. The van der Waals surface area contributed by atoms with E-state index in [4.69, 9.17) is 10.5 Å². The largest absolute Gasteiger partial charge is 0.493 e. The van der Waals surface area contributed by atoms with Gasteiger partial charge in [0, 0.05) is 11.3 Å². The predicted molar refractivity (Wildman–Crippen MR) is 78.9 cm³/mol. The number of fused-ring (bicyclic) bond motifs is 1. The maximum absolute atomic E-state index is 5.82. The van der Waals surface area contributed by atoms with Crippen molar-refractivity contribution in [2.45, 2.75) is 32.6 Å². The van der Waals surface area contributed by atoms with Gasteiger partial charge in [0.1, 0.15) is 5.75 Å². The molecule has 2 N–H and O–H groups in total. The van der Waals surface area contributed by atoms with Gasteiger partial charge in [0.05, 0.1) is 12.3 Å². The van der Waals surface area contributed by atoms with Gasteiger partial charge >= 0.3 is 0 Å². The Morgan fingerprint density at radius 2 is 2.16 bits per heavy atom. The molecule has 0 saturated heterocycles. The quantitative estimate of drug-likeness (QED) is 0.931. The van der Waals surface area contributed by atoms with Crippen molar-refractivity contribution in [3.8, 4) is 5.75 Å².